The third-order valence-electron chi connectivity index (χ3n) is 2.48. The molecule has 1 aromatic heterocycles. The minimum Gasteiger partial charge on any atom is -0.497 e. The van der Waals surface area contributed by atoms with Gasteiger partial charge >= 0.3 is 0 Å². The number of benzene rings is 1. The molecule has 0 bridgehead atoms. The summed E-state index contributed by atoms with van der Waals surface area (Å²) >= 11 is 0. The third-order valence-corrected chi connectivity index (χ3v) is 2.48. The summed E-state index contributed by atoms with van der Waals surface area (Å²) in [5.74, 6) is 0.821. The molecule has 0 amide bonds. The summed E-state index contributed by atoms with van der Waals surface area (Å²) < 4.78 is 18.2. The van der Waals surface area contributed by atoms with Crippen molar-refractivity contribution in [2.75, 3.05) is 19.1 Å². The van der Waals surface area contributed by atoms with E-state index in [9.17, 15) is 4.39 Å². The summed E-state index contributed by atoms with van der Waals surface area (Å²) in [6.07, 6.45) is 0. The normalized spacial score (nSPS) is 10.1. The molecule has 0 saturated carbocycles. The molecule has 17 heavy (non-hydrogen) atoms. The second-order valence-electron chi connectivity index (χ2n) is 3.58. The van der Waals surface area contributed by atoms with Crippen LogP contribution in [0.25, 0.3) is 0 Å². The Labute approximate surface area is 99.5 Å². The summed E-state index contributed by atoms with van der Waals surface area (Å²) in [6.45, 7) is 0. The van der Waals surface area contributed by atoms with Crippen LogP contribution in [0.4, 0.5) is 15.9 Å². The molecule has 2 rings (SSSR count). The number of halogens is 1. The van der Waals surface area contributed by atoms with Crippen LogP contribution >= 0.6 is 0 Å². The van der Waals surface area contributed by atoms with Crippen molar-refractivity contribution in [3.05, 3.63) is 48.4 Å². The van der Waals surface area contributed by atoms with Crippen LogP contribution in [0.3, 0.4) is 0 Å². The van der Waals surface area contributed by atoms with Crippen LogP contribution in [0, 0.1) is 5.95 Å². The number of ether oxygens (including phenoxy) is 1. The number of rotatable bonds is 3. The van der Waals surface area contributed by atoms with E-state index in [0.717, 1.165) is 11.4 Å². The zero-order valence-corrected chi connectivity index (χ0v) is 9.72. The first-order valence-corrected chi connectivity index (χ1v) is 5.21. The van der Waals surface area contributed by atoms with E-state index in [0.29, 0.717) is 5.82 Å². The largest absolute Gasteiger partial charge is 0.497 e. The molecule has 0 saturated heterocycles. The molecule has 4 heteroatoms. The van der Waals surface area contributed by atoms with Gasteiger partial charge in [-0.3, -0.25) is 0 Å². The number of anilines is 2. The van der Waals surface area contributed by atoms with Crippen molar-refractivity contribution in [1.82, 2.24) is 4.98 Å². The van der Waals surface area contributed by atoms with Crippen molar-refractivity contribution >= 4 is 11.5 Å². The van der Waals surface area contributed by atoms with Gasteiger partial charge in [0.15, 0.2) is 0 Å². The van der Waals surface area contributed by atoms with Crippen molar-refractivity contribution in [3.8, 4) is 5.75 Å². The van der Waals surface area contributed by atoms with Gasteiger partial charge in [-0.2, -0.15) is 4.39 Å². The number of hydrogen-bond acceptors (Lipinski definition) is 3. The zero-order valence-electron chi connectivity index (χ0n) is 9.72. The average Bonchev–Trinajstić information content (AvgIpc) is 2.38. The quantitative estimate of drug-likeness (QED) is 0.761. The van der Waals surface area contributed by atoms with Crippen molar-refractivity contribution in [1.29, 1.82) is 0 Å². The average molecular weight is 232 g/mol. The predicted molar refractivity (Wildman–Crippen MR) is 65.3 cm³/mol. The maximum atomic E-state index is 13.0. The van der Waals surface area contributed by atoms with E-state index in [4.69, 9.17) is 4.74 Å². The van der Waals surface area contributed by atoms with Gasteiger partial charge in [0.05, 0.1) is 7.11 Å². The molecular weight excluding hydrogens is 219 g/mol. The fourth-order valence-corrected chi connectivity index (χ4v) is 1.54. The third kappa shape index (κ3) is 2.53. The van der Waals surface area contributed by atoms with Crippen LogP contribution < -0.4 is 9.64 Å². The zero-order chi connectivity index (χ0) is 12.3. The highest BCUT2D eigenvalue weighted by molar-refractivity contribution is 5.60. The van der Waals surface area contributed by atoms with Gasteiger partial charge in [-0.1, -0.05) is 12.1 Å². The van der Waals surface area contributed by atoms with Gasteiger partial charge < -0.3 is 9.64 Å². The molecule has 0 aliphatic rings. The standard InChI is InChI=1S/C13H13FN2O/c1-16(13-8-4-7-12(14)15-13)10-5-3-6-11(9-10)17-2/h3-9H,1-2H3. The first-order valence-electron chi connectivity index (χ1n) is 5.21. The minimum absolute atomic E-state index is 0.489. The molecule has 88 valence electrons. The summed E-state index contributed by atoms with van der Waals surface area (Å²) in [5.41, 5.74) is 0.891. The van der Waals surface area contributed by atoms with Gasteiger partial charge in [0, 0.05) is 18.8 Å². The molecule has 2 aromatic rings. The molecule has 0 unspecified atom stereocenters. The van der Waals surface area contributed by atoms with Gasteiger partial charge in [-0.15, -0.1) is 0 Å². The molecule has 3 nitrogen and oxygen atoms in total. The van der Waals surface area contributed by atoms with Crippen LogP contribution in [0.15, 0.2) is 42.5 Å². The molecule has 1 aromatic carbocycles. The van der Waals surface area contributed by atoms with Crippen LogP contribution in [0.1, 0.15) is 0 Å². The lowest BCUT2D eigenvalue weighted by molar-refractivity contribution is 0.415. The molecule has 0 fully saturated rings. The van der Waals surface area contributed by atoms with Crippen LogP contribution in [-0.4, -0.2) is 19.1 Å². The lowest BCUT2D eigenvalue weighted by atomic mass is 10.2. The fourth-order valence-electron chi connectivity index (χ4n) is 1.54. The molecule has 0 radical (unpaired) electrons. The first-order chi connectivity index (χ1) is 8.20. The molecule has 0 atom stereocenters. The van der Waals surface area contributed by atoms with E-state index in [1.165, 1.54) is 6.07 Å². The summed E-state index contributed by atoms with van der Waals surface area (Å²) in [5, 5.41) is 0. The predicted octanol–water partition coefficient (Wildman–Crippen LogP) is 3.00. The summed E-state index contributed by atoms with van der Waals surface area (Å²) in [6, 6.07) is 12.2. The van der Waals surface area contributed by atoms with Crippen LogP contribution in [0.5, 0.6) is 5.75 Å². The topological polar surface area (TPSA) is 25.4 Å². The van der Waals surface area contributed by atoms with Gasteiger partial charge in [0.25, 0.3) is 0 Å². The molecule has 0 aliphatic heterocycles. The Morgan fingerprint density at radius 2 is 1.94 bits per heavy atom. The number of nitrogens with zero attached hydrogens (tertiary/aromatic N) is 2. The summed E-state index contributed by atoms with van der Waals surface area (Å²) in [4.78, 5) is 5.62. The van der Waals surface area contributed by atoms with Gasteiger partial charge in [0.1, 0.15) is 11.6 Å². The lowest BCUT2D eigenvalue weighted by Gasteiger charge is -2.18. The molecule has 0 N–H and O–H groups in total. The highest BCUT2D eigenvalue weighted by atomic mass is 19.1. The van der Waals surface area contributed by atoms with Crippen molar-refractivity contribution in [3.63, 3.8) is 0 Å². The molecule has 0 aliphatic carbocycles. The monoisotopic (exact) mass is 232 g/mol. The Balaban J connectivity index is 2.33. The van der Waals surface area contributed by atoms with Gasteiger partial charge in [0.2, 0.25) is 5.95 Å². The summed E-state index contributed by atoms with van der Waals surface area (Å²) in [7, 11) is 3.44. The Kier molecular flexibility index (Phi) is 3.23. The van der Waals surface area contributed by atoms with Gasteiger partial charge in [-0.05, 0) is 24.3 Å². The maximum absolute atomic E-state index is 13.0. The SMILES string of the molecule is COc1cccc(N(C)c2cccc(F)n2)c1. The molecule has 0 spiro atoms. The highest BCUT2D eigenvalue weighted by Crippen LogP contribution is 2.25. The van der Waals surface area contributed by atoms with E-state index >= 15 is 0 Å². The minimum atomic E-state index is -0.489. The van der Waals surface area contributed by atoms with Gasteiger partial charge in [-0.25, -0.2) is 4.98 Å². The van der Waals surface area contributed by atoms with Crippen molar-refractivity contribution in [2.45, 2.75) is 0 Å². The second-order valence-corrected chi connectivity index (χ2v) is 3.58. The maximum Gasteiger partial charge on any atom is 0.214 e. The van der Waals surface area contributed by atoms with E-state index in [1.54, 1.807) is 24.1 Å². The van der Waals surface area contributed by atoms with Crippen molar-refractivity contribution < 1.29 is 9.13 Å². The Hall–Kier alpha value is -2.10. The molecule has 1 heterocycles. The highest BCUT2D eigenvalue weighted by Gasteiger charge is 2.06. The smallest absolute Gasteiger partial charge is 0.214 e. The Bertz CT molecular complexity index is 516. The number of pyridine rings is 1. The second kappa shape index (κ2) is 4.82. The van der Waals surface area contributed by atoms with Crippen LogP contribution in [0.2, 0.25) is 0 Å². The fraction of sp³-hybridized carbons (Fsp3) is 0.154. The Morgan fingerprint density at radius 3 is 2.65 bits per heavy atom. The van der Waals surface area contributed by atoms with E-state index < -0.39 is 5.95 Å². The molecular formula is C13H13FN2O. The lowest BCUT2D eigenvalue weighted by Crippen LogP contribution is -2.11. The first kappa shape index (κ1) is 11.4. The van der Waals surface area contributed by atoms with Crippen LogP contribution in [-0.2, 0) is 0 Å². The van der Waals surface area contributed by atoms with E-state index in [-0.39, 0.29) is 0 Å². The number of methoxy groups -OCH3 is 1. The van der Waals surface area contributed by atoms with E-state index in [1.807, 2.05) is 31.3 Å². The number of aromatic nitrogens is 1. The van der Waals surface area contributed by atoms with E-state index in [2.05, 4.69) is 4.98 Å². The Morgan fingerprint density at radius 1 is 1.18 bits per heavy atom. The van der Waals surface area contributed by atoms with Crippen molar-refractivity contribution in [2.24, 2.45) is 0 Å². The number of hydrogen-bond donors (Lipinski definition) is 0.